The third kappa shape index (κ3) is 14.7. The normalized spacial score (nSPS) is 11.6. The maximum Gasteiger partial charge on any atom is 0.0641 e. The van der Waals surface area contributed by atoms with Gasteiger partial charge in [0.15, 0.2) is 0 Å². The molecule has 29 aromatic rings. The summed E-state index contributed by atoms with van der Waals surface area (Å²) in [5.74, 6) is 0. The molecule has 23 aromatic carbocycles. The molecule has 0 aliphatic heterocycles. The molecule has 6 heterocycles. The Morgan fingerprint density at radius 1 is 0.0903 bits per heavy atom. The second-order valence-electron chi connectivity index (χ2n) is 37.4. The second-order valence-corrected chi connectivity index (χ2v) is 37.4. The van der Waals surface area contributed by atoms with Crippen molar-refractivity contribution >= 4 is 131 Å². The van der Waals surface area contributed by atoms with Crippen molar-refractivity contribution in [1.82, 2.24) is 27.4 Å². The predicted molar refractivity (Wildman–Crippen MR) is 609 cm³/mol. The molecule has 29 rings (SSSR count). The van der Waals surface area contributed by atoms with Crippen LogP contribution in [-0.4, -0.2) is 27.4 Å². The molecule has 0 aliphatic rings. The molecule has 0 aliphatic carbocycles. The molecule has 0 fully saturated rings. The van der Waals surface area contributed by atoms with Crippen molar-refractivity contribution in [3.63, 3.8) is 0 Å². The fourth-order valence-electron chi connectivity index (χ4n) is 22.5. The zero-order valence-electron chi connectivity index (χ0n) is 78.8. The van der Waals surface area contributed by atoms with E-state index in [0.717, 1.165) is 28.4 Å². The van der Waals surface area contributed by atoms with Gasteiger partial charge in [-0.1, -0.05) is 413 Å². The molecule has 6 heteroatoms. The van der Waals surface area contributed by atoms with E-state index in [4.69, 9.17) is 0 Å². The van der Waals surface area contributed by atoms with E-state index in [9.17, 15) is 0 Å². The van der Waals surface area contributed by atoms with E-state index in [2.05, 4.69) is 586 Å². The van der Waals surface area contributed by atoms with Crippen LogP contribution >= 0.6 is 0 Å². The van der Waals surface area contributed by atoms with Gasteiger partial charge in [-0.25, -0.2) is 0 Å². The Bertz CT molecular complexity index is 9780. The summed E-state index contributed by atoms with van der Waals surface area (Å²) < 4.78 is 14.7. The number of hydrogen-bond donors (Lipinski definition) is 0. The molecule has 6 aromatic heterocycles. The highest BCUT2D eigenvalue weighted by Crippen LogP contribution is 2.48. The van der Waals surface area contributed by atoms with Gasteiger partial charge < -0.3 is 27.4 Å². The first-order valence-electron chi connectivity index (χ1n) is 49.5. The molecule has 0 saturated carbocycles. The monoisotopic (exact) mass is 1830 g/mol. The van der Waals surface area contributed by atoms with Gasteiger partial charge in [0.05, 0.1) is 66.2 Å². The van der Waals surface area contributed by atoms with Crippen LogP contribution in [0, 0.1) is 0 Å². The lowest BCUT2D eigenvalue weighted by molar-refractivity contribution is 1.17. The van der Waals surface area contributed by atoms with Gasteiger partial charge in [0.2, 0.25) is 0 Å². The summed E-state index contributed by atoms with van der Waals surface area (Å²) in [6.45, 7) is 0. The Hall–Kier alpha value is -19.1. The van der Waals surface area contributed by atoms with E-state index < -0.39 is 0 Å². The smallest absolute Gasteiger partial charge is 0.0641 e. The Balaban J connectivity index is 0.000000108. The lowest BCUT2D eigenvalue weighted by atomic mass is 9.98. The van der Waals surface area contributed by atoms with Crippen LogP contribution in [-0.2, 0) is 0 Å². The Morgan fingerprint density at radius 2 is 0.299 bits per heavy atom. The summed E-state index contributed by atoms with van der Waals surface area (Å²) in [6.07, 6.45) is 0. The van der Waals surface area contributed by atoms with Crippen LogP contribution in [0.2, 0.25) is 0 Å². The maximum atomic E-state index is 2.48. The summed E-state index contributed by atoms with van der Waals surface area (Å²) >= 11 is 0. The minimum absolute atomic E-state index is 1.14. The van der Waals surface area contributed by atoms with Crippen molar-refractivity contribution in [2.75, 3.05) is 0 Å². The largest absolute Gasteiger partial charge is 0.309 e. The standard InChI is InChI=1S/2C48H32N2.C42H28N2/c1-4-15-33(16-5-1)36-21-14-22-39(30-36)50-44-25-12-10-23-41(44)42-27-28-46-47(48(42)50)43-24-11-13-26-45(43)49(46)40-31-37(34-17-6-2-7-18-34)29-38(32-40)35-19-8-3-9-20-35;1-4-14-33(15-5-1)36-24-26-39(27-25-36)50-44-22-12-10-20-41(44)42-28-29-46-47(48(42)50)43-21-11-13-23-45(43)49(46)40-31-37(34-16-6-2-7-17-34)30-38(32-40)35-18-8-3-9-19-35;1-2-10-29(11-3-1)30-18-20-31(21-19-30)32-22-24-33(25-23-32)43-41-17-9-6-14-37(41)38-28-34(26-27-42(38)43)44-39-15-7-4-12-35(39)36-13-5-8-16-40(36)44/h2*1-32H;1-28H. The highest BCUT2D eigenvalue weighted by molar-refractivity contribution is 6.28. The lowest BCUT2D eigenvalue weighted by Crippen LogP contribution is -1.97. The first kappa shape index (κ1) is 84.2. The number of benzene rings is 23. The summed E-state index contributed by atoms with van der Waals surface area (Å²) in [6, 6.07) is 202. The van der Waals surface area contributed by atoms with Gasteiger partial charge in [-0.2, -0.15) is 0 Å². The topological polar surface area (TPSA) is 29.6 Å². The molecule has 0 radical (unpaired) electrons. The number of rotatable bonds is 14. The molecule has 0 bridgehead atoms. The van der Waals surface area contributed by atoms with Crippen molar-refractivity contribution in [3.8, 4) is 123 Å². The molecule has 0 N–H and O–H groups in total. The molecule has 0 amide bonds. The summed E-state index contributed by atoms with van der Waals surface area (Å²) in [5, 5.41) is 15.1. The summed E-state index contributed by atoms with van der Waals surface area (Å²) in [5.41, 5.74) is 40.7. The number of fused-ring (bicyclic) bond motifs is 20. The van der Waals surface area contributed by atoms with E-state index in [1.165, 1.54) is 226 Å². The fourth-order valence-corrected chi connectivity index (χ4v) is 22.5. The van der Waals surface area contributed by atoms with Crippen LogP contribution in [0.15, 0.2) is 558 Å². The molecular weight excluding hydrogens is 1740 g/mol. The van der Waals surface area contributed by atoms with Gasteiger partial charge in [-0.3, -0.25) is 0 Å². The molecule has 144 heavy (non-hydrogen) atoms. The van der Waals surface area contributed by atoms with Crippen molar-refractivity contribution in [3.05, 3.63) is 558 Å². The SMILES string of the molecule is c1ccc(-c2cc(-c3ccccc3)cc(-n3c4ccccc4c4c3ccc3c5ccccc5n(-c5cccc(-c6ccccc6)c5)c34)c2)cc1.c1ccc(-c2ccc(-c3ccc(-n4c5ccccc5c5cc(-n6c7ccccc7c7ccccc76)ccc54)cc3)cc2)cc1.c1ccc(-c2ccc(-n3c4ccccc4c4ccc5c(c6ccccc6n5-c5cc(-c6ccccc6)cc(-c6ccccc6)c5)c43)cc2)cc1. The van der Waals surface area contributed by atoms with Crippen LogP contribution in [0.5, 0.6) is 0 Å². The van der Waals surface area contributed by atoms with Crippen molar-refractivity contribution in [1.29, 1.82) is 0 Å². The number of aromatic nitrogens is 6. The van der Waals surface area contributed by atoms with Crippen molar-refractivity contribution in [2.45, 2.75) is 0 Å². The van der Waals surface area contributed by atoms with Gasteiger partial charge >= 0.3 is 0 Å². The first-order chi connectivity index (χ1) is 71.5. The van der Waals surface area contributed by atoms with Crippen LogP contribution in [0.25, 0.3) is 254 Å². The number of hydrogen-bond acceptors (Lipinski definition) is 0. The van der Waals surface area contributed by atoms with Crippen LogP contribution in [0.1, 0.15) is 0 Å². The minimum atomic E-state index is 1.14. The van der Waals surface area contributed by atoms with E-state index in [1.54, 1.807) is 0 Å². The van der Waals surface area contributed by atoms with Gasteiger partial charge in [-0.15, -0.1) is 0 Å². The van der Waals surface area contributed by atoms with Gasteiger partial charge in [0.25, 0.3) is 0 Å². The quantitative estimate of drug-likeness (QED) is 0.104. The van der Waals surface area contributed by atoms with E-state index in [1.807, 2.05) is 0 Å². The number of para-hydroxylation sites is 7. The Morgan fingerprint density at radius 3 is 0.653 bits per heavy atom. The van der Waals surface area contributed by atoms with Gasteiger partial charge in [0, 0.05) is 98.8 Å². The third-order valence-corrected chi connectivity index (χ3v) is 29.1. The second kappa shape index (κ2) is 35.7. The average Bonchev–Trinajstić information content (AvgIpc) is 1.53. The van der Waals surface area contributed by atoms with Gasteiger partial charge in [0.1, 0.15) is 0 Å². The average molecular weight is 1830 g/mol. The lowest BCUT2D eigenvalue weighted by Gasteiger charge is -2.14. The Kier molecular flexibility index (Phi) is 20.9. The van der Waals surface area contributed by atoms with Gasteiger partial charge in [-0.05, 0) is 235 Å². The Labute approximate surface area is 833 Å². The third-order valence-electron chi connectivity index (χ3n) is 29.1. The predicted octanol–water partition coefficient (Wildman–Crippen LogP) is 37.0. The first-order valence-corrected chi connectivity index (χ1v) is 49.5. The molecule has 0 atom stereocenters. The fraction of sp³-hybridized carbons (Fsp3) is 0. The van der Waals surface area contributed by atoms with Crippen molar-refractivity contribution in [2.24, 2.45) is 0 Å². The van der Waals surface area contributed by atoms with Crippen LogP contribution < -0.4 is 0 Å². The highest BCUT2D eigenvalue weighted by atomic mass is 15.0. The molecule has 674 valence electrons. The van der Waals surface area contributed by atoms with E-state index >= 15 is 0 Å². The minimum Gasteiger partial charge on any atom is -0.309 e. The molecular formula is C138H92N6. The molecule has 0 spiro atoms. The van der Waals surface area contributed by atoms with Crippen LogP contribution in [0.4, 0.5) is 0 Å². The van der Waals surface area contributed by atoms with E-state index in [-0.39, 0.29) is 0 Å². The zero-order valence-corrected chi connectivity index (χ0v) is 78.8. The highest BCUT2D eigenvalue weighted by Gasteiger charge is 2.27. The number of nitrogens with zero attached hydrogens (tertiary/aromatic N) is 6. The molecule has 0 unspecified atom stereocenters. The maximum absolute atomic E-state index is 2.48. The summed E-state index contributed by atoms with van der Waals surface area (Å²) in [4.78, 5) is 0. The van der Waals surface area contributed by atoms with Crippen molar-refractivity contribution < 1.29 is 0 Å². The van der Waals surface area contributed by atoms with Crippen LogP contribution in [0.3, 0.4) is 0 Å². The molecule has 6 nitrogen and oxygen atoms in total. The summed E-state index contributed by atoms with van der Waals surface area (Å²) in [7, 11) is 0. The van der Waals surface area contributed by atoms with E-state index in [0.29, 0.717) is 0 Å². The molecule has 0 saturated heterocycles. The zero-order chi connectivity index (χ0) is 95.1.